The largest absolute Gasteiger partial charge is 0.416 e. The van der Waals surface area contributed by atoms with Crippen LogP contribution in [-0.4, -0.2) is 0 Å². The minimum Gasteiger partial charge on any atom is -0.324 e. The summed E-state index contributed by atoms with van der Waals surface area (Å²) in [6, 6.07) is 0.0820. The molecule has 0 radical (unpaired) electrons. The molecule has 0 amide bonds. The maximum atomic E-state index is 12.8. The average Bonchev–Trinajstić information content (AvgIpc) is 2.24. The molecule has 0 saturated heterocycles. The van der Waals surface area contributed by atoms with Crippen molar-refractivity contribution >= 4 is 12.4 Å². The van der Waals surface area contributed by atoms with Crippen molar-refractivity contribution in [1.82, 2.24) is 0 Å². The lowest BCUT2D eigenvalue weighted by molar-refractivity contribution is -0.142. The van der Waals surface area contributed by atoms with Crippen LogP contribution in [0.3, 0.4) is 0 Å². The van der Waals surface area contributed by atoms with Crippen LogP contribution >= 0.6 is 12.4 Å². The second-order valence-electron chi connectivity index (χ2n) is 4.57. The normalized spacial score (nSPS) is 13.5. The summed E-state index contributed by atoms with van der Waals surface area (Å²) < 4.78 is 76.2. The average molecular weight is 334 g/mol. The Hall–Kier alpha value is -1.21. The first-order chi connectivity index (χ1) is 8.93. The number of rotatable bonds is 3. The van der Waals surface area contributed by atoms with Gasteiger partial charge in [0.2, 0.25) is 0 Å². The maximum Gasteiger partial charge on any atom is 0.416 e. The van der Waals surface area contributed by atoms with Gasteiger partial charge in [0.25, 0.3) is 0 Å². The number of nitrogens with two attached hydrogens (primary N) is 1. The van der Waals surface area contributed by atoms with E-state index < -0.39 is 35.1 Å². The zero-order valence-corrected chi connectivity index (χ0v) is 11.8. The SMILES string of the molecule is C=C(C)C[C@@H](N)c1cc(C(F)(F)F)ccc1C(F)(F)F.Cl. The zero-order chi connectivity index (χ0) is 15.7. The van der Waals surface area contributed by atoms with Crippen molar-refractivity contribution in [3.63, 3.8) is 0 Å². The second-order valence-corrected chi connectivity index (χ2v) is 4.57. The van der Waals surface area contributed by atoms with Gasteiger partial charge in [0.1, 0.15) is 0 Å². The van der Waals surface area contributed by atoms with Gasteiger partial charge in [0.15, 0.2) is 0 Å². The highest BCUT2D eigenvalue weighted by Gasteiger charge is 2.38. The van der Waals surface area contributed by atoms with Gasteiger partial charge in [0.05, 0.1) is 11.1 Å². The Kier molecular flexibility index (Phi) is 6.31. The molecule has 0 aromatic heterocycles. The van der Waals surface area contributed by atoms with Gasteiger partial charge in [-0.15, -0.1) is 19.0 Å². The van der Waals surface area contributed by atoms with E-state index in [1.165, 1.54) is 0 Å². The molecule has 1 nitrogen and oxygen atoms in total. The van der Waals surface area contributed by atoms with Crippen molar-refractivity contribution in [2.24, 2.45) is 5.73 Å². The van der Waals surface area contributed by atoms with Crippen LogP contribution in [0.2, 0.25) is 0 Å². The van der Waals surface area contributed by atoms with Crippen molar-refractivity contribution in [3.8, 4) is 0 Å². The third-order valence-electron chi connectivity index (χ3n) is 2.65. The van der Waals surface area contributed by atoms with E-state index in [9.17, 15) is 26.3 Å². The maximum absolute atomic E-state index is 12.8. The summed E-state index contributed by atoms with van der Waals surface area (Å²) >= 11 is 0. The lowest BCUT2D eigenvalue weighted by Crippen LogP contribution is -2.19. The van der Waals surface area contributed by atoms with Gasteiger partial charge in [-0.3, -0.25) is 0 Å². The van der Waals surface area contributed by atoms with Crippen molar-refractivity contribution in [2.75, 3.05) is 0 Å². The van der Waals surface area contributed by atoms with E-state index in [1.54, 1.807) is 6.92 Å². The van der Waals surface area contributed by atoms with Crippen LogP contribution in [0.25, 0.3) is 0 Å². The van der Waals surface area contributed by atoms with Crippen LogP contribution in [0.5, 0.6) is 0 Å². The standard InChI is InChI=1S/C13H13F6N.ClH/c1-7(2)5-11(20)9-6-8(12(14,15)16)3-4-10(9)13(17,18)19;/h3-4,6,11H,1,5,20H2,2H3;1H/t11-;/m1./s1. The fourth-order valence-corrected chi connectivity index (χ4v) is 1.79. The van der Waals surface area contributed by atoms with E-state index in [0.717, 1.165) is 0 Å². The van der Waals surface area contributed by atoms with E-state index in [-0.39, 0.29) is 18.8 Å². The second kappa shape index (κ2) is 6.70. The Bertz CT molecular complexity index is 506. The minimum atomic E-state index is -4.76. The van der Waals surface area contributed by atoms with E-state index in [2.05, 4.69) is 6.58 Å². The Morgan fingerprint density at radius 3 is 2.05 bits per heavy atom. The predicted octanol–water partition coefficient (Wildman–Crippen LogP) is 5.11. The first-order valence-electron chi connectivity index (χ1n) is 5.61. The summed E-state index contributed by atoms with van der Waals surface area (Å²) in [6.45, 7) is 5.04. The van der Waals surface area contributed by atoms with Crippen LogP contribution < -0.4 is 5.73 Å². The molecular weight excluding hydrogens is 320 g/mol. The quantitative estimate of drug-likeness (QED) is 0.603. The molecule has 0 spiro atoms. The lowest BCUT2D eigenvalue weighted by Gasteiger charge is -2.20. The van der Waals surface area contributed by atoms with Crippen LogP contribution in [0.1, 0.15) is 36.1 Å². The van der Waals surface area contributed by atoms with Crippen molar-refractivity contribution in [1.29, 1.82) is 0 Å². The lowest BCUT2D eigenvalue weighted by atomic mass is 9.94. The van der Waals surface area contributed by atoms with Crippen LogP contribution in [0, 0.1) is 0 Å². The van der Waals surface area contributed by atoms with Gasteiger partial charge < -0.3 is 5.73 Å². The highest BCUT2D eigenvalue weighted by atomic mass is 35.5. The number of hydrogen-bond acceptors (Lipinski definition) is 1. The summed E-state index contributed by atoms with van der Waals surface area (Å²) in [5.74, 6) is 0. The fraction of sp³-hybridized carbons (Fsp3) is 0.385. The van der Waals surface area contributed by atoms with Crippen molar-refractivity contribution < 1.29 is 26.3 Å². The molecule has 21 heavy (non-hydrogen) atoms. The molecule has 1 aromatic rings. The Morgan fingerprint density at radius 2 is 1.67 bits per heavy atom. The molecule has 0 aliphatic heterocycles. The summed E-state index contributed by atoms with van der Waals surface area (Å²) in [5, 5.41) is 0. The van der Waals surface area contributed by atoms with Gasteiger partial charge >= 0.3 is 12.4 Å². The Morgan fingerprint density at radius 1 is 1.14 bits per heavy atom. The molecule has 0 heterocycles. The summed E-state index contributed by atoms with van der Waals surface area (Å²) in [6.07, 6.45) is -9.50. The molecule has 1 atom stereocenters. The van der Waals surface area contributed by atoms with Crippen LogP contribution in [0.4, 0.5) is 26.3 Å². The van der Waals surface area contributed by atoms with E-state index in [1.807, 2.05) is 0 Å². The zero-order valence-electron chi connectivity index (χ0n) is 11.0. The fourth-order valence-electron chi connectivity index (χ4n) is 1.79. The van der Waals surface area contributed by atoms with Gasteiger partial charge in [-0.05, 0) is 37.1 Å². The molecule has 0 bridgehead atoms. The van der Waals surface area contributed by atoms with Gasteiger partial charge in [0, 0.05) is 6.04 Å². The van der Waals surface area contributed by atoms with Crippen molar-refractivity contribution in [3.05, 3.63) is 47.0 Å². The summed E-state index contributed by atoms with van der Waals surface area (Å²) in [7, 11) is 0. The molecule has 2 N–H and O–H groups in total. The molecule has 120 valence electrons. The number of alkyl halides is 6. The Balaban J connectivity index is 0.00000400. The molecular formula is C13H14ClF6N. The van der Waals surface area contributed by atoms with Crippen LogP contribution in [0.15, 0.2) is 30.4 Å². The van der Waals surface area contributed by atoms with E-state index >= 15 is 0 Å². The molecule has 1 aromatic carbocycles. The van der Waals surface area contributed by atoms with E-state index in [4.69, 9.17) is 5.73 Å². The molecule has 8 heteroatoms. The molecule has 0 saturated carbocycles. The van der Waals surface area contributed by atoms with Crippen molar-refractivity contribution in [2.45, 2.75) is 31.7 Å². The smallest absolute Gasteiger partial charge is 0.324 e. The van der Waals surface area contributed by atoms with E-state index in [0.29, 0.717) is 23.8 Å². The highest BCUT2D eigenvalue weighted by Crippen LogP contribution is 2.39. The topological polar surface area (TPSA) is 26.0 Å². The Labute approximate surface area is 124 Å². The molecule has 0 fully saturated rings. The number of hydrogen-bond donors (Lipinski definition) is 1. The third kappa shape index (κ3) is 5.24. The third-order valence-corrected chi connectivity index (χ3v) is 2.65. The minimum absolute atomic E-state index is 0. The molecule has 1 rings (SSSR count). The molecule has 0 aliphatic carbocycles. The van der Waals surface area contributed by atoms with Crippen LogP contribution in [-0.2, 0) is 12.4 Å². The van der Waals surface area contributed by atoms with Gasteiger partial charge in [-0.25, -0.2) is 0 Å². The monoisotopic (exact) mass is 333 g/mol. The van der Waals surface area contributed by atoms with Gasteiger partial charge in [-0.1, -0.05) is 5.57 Å². The molecule has 0 unspecified atom stereocenters. The predicted molar refractivity (Wildman–Crippen MR) is 70.1 cm³/mol. The summed E-state index contributed by atoms with van der Waals surface area (Å²) in [4.78, 5) is 0. The summed E-state index contributed by atoms with van der Waals surface area (Å²) in [5.41, 5.74) is 3.18. The number of halogens is 7. The first-order valence-corrected chi connectivity index (χ1v) is 5.61. The number of benzene rings is 1. The molecule has 0 aliphatic rings. The highest BCUT2D eigenvalue weighted by molar-refractivity contribution is 5.85. The van der Waals surface area contributed by atoms with Gasteiger partial charge in [-0.2, -0.15) is 26.3 Å². The first kappa shape index (κ1) is 19.8.